The predicted octanol–water partition coefficient (Wildman–Crippen LogP) is 3.57. The van der Waals surface area contributed by atoms with Crippen molar-refractivity contribution in [1.29, 1.82) is 0 Å². The van der Waals surface area contributed by atoms with Crippen LogP contribution in [0.3, 0.4) is 0 Å². The van der Waals surface area contributed by atoms with E-state index in [1.165, 1.54) is 16.8 Å². The summed E-state index contributed by atoms with van der Waals surface area (Å²) in [5, 5.41) is 0.909. The number of nitrogens with one attached hydrogen (secondary N) is 1. The number of aromatic nitrogens is 2. The smallest absolute Gasteiger partial charge is 0.328 e. The third-order valence-electron chi connectivity index (χ3n) is 4.41. The summed E-state index contributed by atoms with van der Waals surface area (Å²) < 4.78 is 18.8. The van der Waals surface area contributed by atoms with E-state index in [9.17, 15) is 9.59 Å². The van der Waals surface area contributed by atoms with Gasteiger partial charge in [0.15, 0.2) is 11.5 Å². The molecule has 2 aromatic heterocycles. The molecule has 0 amide bonds. The number of nitrogens with zero attached hydrogens (tertiary/aromatic N) is 1. The van der Waals surface area contributed by atoms with E-state index in [1.807, 2.05) is 44.2 Å². The van der Waals surface area contributed by atoms with Crippen LogP contribution in [0.2, 0.25) is 0 Å². The molecule has 151 valence electrons. The molecule has 30 heavy (non-hydrogen) atoms. The largest absolute Gasteiger partial charge is 0.587 e. The monoisotopic (exact) mass is 480 g/mol. The first kappa shape index (κ1) is 22.1. The predicted molar refractivity (Wildman–Crippen MR) is 108 cm³/mol. The van der Waals surface area contributed by atoms with E-state index in [1.54, 1.807) is 6.07 Å². The van der Waals surface area contributed by atoms with Crippen LogP contribution in [0.1, 0.15) is 11.1 Å². The second-order valence-corrected chi connectivity index (χ2v) is 6.75. The van der Waals surface area contributed by atoms with Crippen LogP contribution in [0.15, 0.2) is 62.7 Å². The van der Waals surface area contributed by atoms with Gasteiger partial charge < -0.3 is 13.9 Å². The Morgan fingerprint density at radius 2 is 1.83 bits per heavy atom. The Balaban J connectivity index is 0.00000256. The molecule has 7 nitrogen and oxygen atoms in total. The summed E-state index contributed by atoms with van der Waals surface area (Å²) in [5.74, 6) is 1.66. The molecular weight excluding hydrogens is 461 g/mol. The maximum absolute atomic E-state index is 11.8. The molecule has 0 aliphatic carbocycles. The Kier molecular flexibility index (Phi) is 6.95. The van der Waals surface area contributed by atoms with Gasteiger partial charge in [-0.15, -0.1) is 17.5 Å². The number of aryl methyl sites for hydroxylation is 2. The average molecular weight is 480 g/mol. The van der Waals surface area contributed by atoms with Gasteiger partial charge in [0.1, 0.15) is 12.4 Å². The summed E-state index contributed by atoms with van der Waals surface area (Å²) in [6.07, 6.45) is 4.17. The number of furan rings is 1. The number of hydrogen-bond acceptors (Lipinski definition) is 5. The van der Waals surface area contributed by atoms with Crippen molar-refractivity contribution in [2.75, 3.05) is 6.61 Å². The summed E-state index contributed by atoms with van der Waals surface area (Å²) in [4.78, 5) is 25.2. The quantitative estimate of drug-likeness (QED) is 0.427. The van der Waals surface area contributed by atoms with Crippen LogP contribution in [0, 0.1) is 20.1 Å². The number of benzene rings is 2. The van der Waals surface area contributed by atoms with Gasteiger partial charge in [-0.3, -0.25) is 14.3 Å². The summed E-state index contributed by atoms with van der Waals surface area (Å²) in [6.45, 7) is 4.44. The van der Waals surface area contributed by atoms with Crippen LogP contribution < -0.4 is 20.7 Å². The Bertz CT molecular complexity index is 1290. The van der Waals surface area contributed by atoms with Crippen LogP contribution in [0.5, 0.6) is 17.2 Å². The number of rotatable bonds is 6. The number of fused-ring (bicyclic) bond motifs is 1. The topological polar surface area (TPSA) is 86.5 Å². The van der Waals surface area contributed by atoms with Crippen LogP contribution in [0.4, 0.5) is 0 Å². The Hall–Kier alpha value is -2.64. The van der Waals surface area contributed by atoms with Crippen molar-refractivity contribution in [1.82, 2.24) is 9.55 Å². The van der Waals surface area contributed by atoms with Crippen molar-refractivity contribution < 1.29 is 46.6 Å². The number of aromatic amines is 1. The Labute approximate surface area is 197 Å². The third kappa shape index (κ3) is 4.91. The van der Waals surface area contributed by atoms with Crippen LogP contribution in [0.25, 0.3) is 11.0 Å². The molecule has 0 bridgehead atoms. The van der Waals surface area contributed by atoms with Gasteiger partial charge in [-0.1, -0.05) is 11.6 Å². The zero-order chi connectivity index (χ0) is 20.4. The van der Waals surface area contributed by atoms with Crippen molar-refractivity contribution in [2.24, 2.45) is 0 Å². The minimum atomic E-state index is -0.474. The minimum absolute atomic E-state index is 0. The molecular formula is C22H19N2O5Y-. The number of ether oxygens (including phenoxy) is 2. The first-order valence-electron chi connectivity index (χ1n) is 9.11. The van der Waals surface area contributed by atoms with Gasteiger partial charge in [0.05, 0.1) is 6.54 Å². The summed E-state index contributed by atoms with van der Waals surface area (Å²) in [5.41, 5.74) is 1.75. The van der Waals surface area contributed by atoms with Crippen molar-refractivity contribution >= 4 is 11.0 Å². The molecule has 4 aromatic rings. The molecule has 2 aromatic carbocycles. The first-order chi connectivity index (χ1) is 14.0. The minimum Gasteiger partial charge on any atom is -0.587 e. The molecule has 0 spiro atoms. The van der Waals surface area contributed by atoms with Crippen LogP contribution in [-0.2, 0) is 39.3 Å². The average Bonchev–Trinajstić information content (AvgIpc) is 3.14. The van der Waals surface area contributed by atoms with Gasteiger partial charge in [-0.25, -0.2) is 4.79 Å². The van der Waals surface area contributed by atoms with Gasteiger partial charge in [0.2, 0.25) is 0 Å². The zero-order valence-corrected chi connectivity index (χ0v) is 19.4. The van der Waals surface area contributed by atoms with Crippen molar-refractivity contribution in [3.8, 4) is 17.2 Å². The van der Waals surface area contributed by atoms with Gasteiger partial charge >= 0.3 is 5.69 Å². The summed E-state index contributed by atoms with van der Waals surface area (Å²) in [6, 6.07) is 12.6. The molecule has 1 N–H and O–H groups in total. The molecule has 2 heterocycles. The zero-order valence-electron chi connectivity index (χ0n) is 16.6. The standard InChI is InChI=1S/C22H19N2O5.Y/c1-14-3-4-17(29-19-13-15(2)11-16-6-9-28-21(16)19)18(12-14)27-10-8-24-7-5-20(25)23-22(24)26;/h3-7,11-13H,8,10H2,1-2H3,(H,23,25,26);/q-1;. The normalized spacial score (nSPS) is 10.6. The number of H-pyrrole nitrogens is 1. The van der Waals surface area contributed by atoms with Gasteiger partial charge in [-0.05, 0) is 43.9 Å². The third-order valence-corrected chi connectivity index (χ3v) is 4.41. The van der Waals surface area contributed by atoms with E-state index in [0.29, 0.717) is 22.8 Å². The summed E-state index contributed by atoms with van der Waals surface area (Å²) in [7, 11) is 0. The molecule has 1 radical (unpaired) electrons. The second-order valence-electron chi connectivity index (χ2n) is 6.75. The summed E-state index contributed by atoms with van der Waals surface area (Å²) >= 11 is 0. The van der Waals surface area contributed by atoms with E-state index in [4.69, 9.17) is 13.9 Å². The maximum atomic E-state index is 11.8. The fourth-order valence-electron chi connectivity index (χ4n) is 3.02. The van der Waals surface area contributed by atoms with E-state index in [2.05, 4.69) is 11.2 Å². The van der Waals surface area contributed by atoms with Gasteiger partial charge in [-0.2, -0.15) is 0 Å². The molecule has 0 aliphatic rings. The van der Waals surface area contributed by atoms with E-state index in [0.717, 1.165) is 16.5 Å². The SMILES string of the molecule is Cc1ccc(Oc2cc(C)cc3c[c-]oc23)c(OCCn2ccc(=O)[nH]c2=O)c1.[Y]. The van der Waals surface area contributed by atoms with Crippen molar-refractivity contribution in [3.63, 3.8) is 0 Å². The molecule has 0 aliphatic heterocycles. The van der Waals surface area contributed by atoms with E-state index >= 15 is 0 Å². The van der Waals surface area contributed by atoms with Crippen molar-refractivity contribution in [2.45, 2.75) is 20.4 Å². The molecule has 8 heteroatoms. The Morgan fingerprint density at radius 1 is 1.03 bits per heavy atom. The van der Waals surface area contributed by atoms with Gasteiger partial charge in [0, 0.05) is 50.6 Å². The van der Waals surface area contributed by atoms with E-state index in [-0.39, 0.29) is 45.9 Å². The molecule has 4 rings (SSSR count). The first-order valence-corrected chi connectivity index (χ1v) is 9.11. The molecule has 0 saturated heterocycles. The second kappa shape index (κ2) is 9.45. The molecule has 0 saturated carbocycles. The van der Waals surface area contributed by atoms with Crippen LogP contribution in [-0.4, -0.2) is 16.2 Å². The Morgan fingerprint density at radius 3 is 2.63 bits per heavy atom. The molecule has 0 atom stereocenters. The number of hydrogen-bond donors (Lipinski definition) is 1. The van der Waals surface area contributed by atoms with Crippen LogP contribution >= 0.6 is 0 Å². The van der Waals surface area contributed by atoms with E-state index < -0.39 is 11.2 Å². The maximum Gasteiger partial charge on any atom is 0.328 e. The van der Waals surface area contributed by atoms with Crippen molar-refractivity contribution in [3.05, 3.63) is 86.9 Å². The van der Waals surface area contributed by atoms with Gasteiger partial charge in [0.25, 0.3) is 5.56 Å². The molecule has 0 fully saturated rings. The fraction of sp³-hybridized carbons (Fsp3) is 0.182. The fourth-order valence-corrected chi connectivity index (χ4v) is 3.02. The molecule has 0 unspecified atom stereocenters.